The zero-order valence-corrected chi connectivity index (χ0v) is 8.45. The number of carbonyl (C=O) groups is 1. The van der Waals surface area contributed by atoms with Crippen molar-refractivity contribution in [2.24, 2.45) is 0 Å². The lowest BCUT2D eigenvalue weighted by atomic mass is 10.2. The van der Waals surface area contributed by atoms with Crippen molar-refractivity contribution in [2.75, 3.05) is 7.05 Å². The summed E-state index contributed by atoms with van der Waals surface area (Å²) in [5.74, 6) is 0. The molecule has 2 amide bonds. The summed E-state index contributed by atoms with van der Waals surface area (Å²) < 4.78 is 0. The van der Waals surface area contributed by atoms with E-state index in [9.17, 15) is 10.0 Å². The molecular formula is C9H11ClN2O2. The van der Waals surface area contributed by atoms with Gasteiger partial charge in [-0.05, 0) is 17.7 Å². The second-order valence-electron chi connectivity index (χ2n) is 2.74. The molecule has 1 aromatic rings. The van der Waals surface area contributed by atoms with Gasteiger partial charge in [0.1, 0.15) is 0 Å². The van der Waals surface area contributed by atoms with Crippen molar-refractivity contribution in [3.63, 3.8) is 0 Å². The van der Waals surface area contributed by atoms with Crippen molar-refractivity contribution in [3.05, 3.63) is 34.9 Å². The Morgan fingerprint density at radius 1 is 1.64 bits per heavy atom. The first kappa shape index (κ1) is 10.8. The summed E-state index contributed by atoms with van der Waals surface area (Å²) in [4.78, 5) is 10.9. The maximum Gasteiger partial charge on any atom is 0.341 e. The summed E-state index contributed by atoms with van der Waals surface area (Å²) in [6.45, 7) is 0.111. The molecular weight excluding hydrogens is 204 g/mol. The van der Waals surface area contributed by atoms with E-state index >= 15 is 0 Å². The summed E-state index contributed by atoms with van der Waals surface area (Å²) in [5.41, 5.74) is 0.767. The normalized spacial score (nSPS) is 9.64. The zero-order chi connectivity index (χ0) is 10.6. The van der Waals surface area contributed by atoms with E-state index in [1.807, 2.05) is 0 Å². The minimum absolute atomic E-state index is 0.111. The fourth-order valence-corrected chi connectivity index (χ4v) is 1.22. The van der Waals surface area contributed by atoms with Crippen molar-refractivity contribution < 1.29 is 10.0 Å². The molecule has 0 radical (unpaired) electrons. The van der Waals surface area contributed by atoms with Gasteiger partial charge >= 0.3 is 6.03 Å². The summed E-state index contributed by atoms with van der Waals surface area (Å²) in [7, 11) is 1.45. The van der Waals surface area contributed by atoms with Crippen molar-refractivity contribution in [1.82, 2.24) is 10.4 Å². The van der Waals surface area contributed by atoms with Crippen LogP contribution in [0, 0.1) is 0 Å². The maximum absolute atomic E-state index is 10.9. The minimum atomic E-state index is -0.551. The smallest absolute Gasteiger partial charge is 0.339 e. The van der Waals surface area contributed by atoms with Crippen molar-refractivity contribution >= 4 is 17.6 Å². The summed E-state index contributed by atoms with van der Waals surface area (Å²) in [6.07, 6.45) is 0. The molecule has 0 bridgehead atoms. The van der Waals surface area contributed by atoms with Crippen LogP contribution >= 0.6 is 11.6 Å². The van der Waals surface area contributed by atoms with Gasteiger partial charge in [-0.15, -0.1) is 0 Å². The Balaban J connectivity index is 2.64. The highest BCUT2D eigenvalue weighted by Gasteiger charge is 2.08. The van der Waals surface area contributed by atoms with Crippen LogP contribution in [0.25, 0.3) is 0 Å². The highest BCUT2D eigenvalue weighted by Crippen LogP contribution is 2.11. The van der Waals surface area contributed by atoms with Crippen LogP contribution < -0.4 is 5.32 Å². The number of carbonyl (C=O) groups excluding carboxylic acids is 1. The fourth-order valence-electron chi connectivity index (χ4n) is 1.01. The van der Waals surface area contributed by atoms with Gasteiger partial charge in [-0.2, -0.15) is 0 Å². The number of urea groups is 1. The van der Waals surface area contributed by atoms with Crippen molar-refractivity contribution in [1.29, 1.82) is 0 Å². The lowest BCUT2D eigenvalue weighted by Gasteiger charge is -2.13. The number of nitrogens with one attached hydrogen (secondary N) is 1. The number of hydrogen-bond acceptors (Lipinski definition) is 2. The van der Waals surface area contributed by atoms with Gasteiger partial charge in [0, 0.05) is 12.1 Å². The van der Waals surface area contributed by atoms with Crippen LogP contribution in [0.4, 0.5) is 4.79 Å². The summed E-state index contributed by atoms with van der Waals surface area (Å²) in [5, 5.41) is 12.7. The Morgan fingerprint density at radius 3 is 2.93 bits per heavy atom. The third kappa shape index (κ3) is 2.90. The molecule has 0 fully saturated rings. The third-order valence-corrected chi connectivity index (χ3v) is 1.90. The fraction of sp³-hybridized carbons (Fsp3) is 0.222. The first-order valence-electron chi connectivity index (χ1n) is 4.06. The molecule has 5 heteroatoms. The molecule has 0 spiro atoms. The topological polar surface area (TPSA) is 52.6 Å². The predicted molar refractivity (Wildman–Crippen MR) is 53.2 cm³/mol. The van der Waals surface area contributed by atoms with E-state index in [4.69, 9.17) is 11.6 Å². The van der Waals surface area contributed by atoms with Crippen LogP contribution in [0.2, 0.25) is 5.02 Å². The highest BCUT2D eigenvalue weighted by molar-refractivity contribution is 6.30. The van der Waals surface area contributed by atoms with Gasteiger partial charge in [-0.3, -0.25) is 5.21 Å². The van der Waals surface area contributed by atoms with E-state index in [2.05, 4.69) is 5.32 Å². The summed E-state index contributed by atoms with van der Waals surface area (Å²) in [6, 6.07) is 6.40. The third-order valence-electron chi connectivity index (χ3n) is 1.67. The van der Waals surface area contributed by atoms with E-state index in [1.54, 1.807) is 24.3 Å². The van der Waals surface area contributed by atoms with Crippen LogP contribution in [0.1, 0.15) is 5.56 Å². The Hall–Kier alpha value is -1.26. The standard InChI is InChI=1S/C9H11ClN2O2/c1-11-9(13)12(14)6-7-3-2-4-8(10)5-7/h2-5,14H,6H2,1H3,(H,11,13). The van der Waals surface area contributed by atoms with E-state index in [0.29, 0.717) is 10.1 Å². The van der Waals surface area contributed by atoms with Gasteiger partial charge in [0.2, 0.25) is 0 Å². The number of halogens is 1. The van der Waals surface area contributed by atoms with Crippen molar-refractivity contribution in [2.45, 2.75) is 6.54 Å². The quantitative estimate of drug-likeness (QED) is 0.583. The van der Waals surface area contributed by atoms with E-state index in [1.165, 1.54) is 7.05 Å². The molecule has 0 saturated carbocycles. The van der Waals surface area contributed by atoms with Gasteiger partial charge in [0.25, 0.3) is 0 Å². The molecule has 4 nitrogen and oxygen atoms in total. The molecule has 0 saturated heterocycles. The van der Waals surface area contributed by atoms with E-state index in [-0.39, 0.29) is 6.54 Å². The zero-order valence-electron chi connectivity index (χ0n) is 7.70. The number of amides is 2. The van der Waals surface area contributed by atoms with Crippen LogP contribution in [-0.4, -0.2) is 23.3 Å². The molecule has 0 unspecified atom stereocenters. The molecule has 0 aliphatic rings. The SMILES string of the molecule is CNC(=O)N(O)Cc1cccc(Cl)c1. The average Bonchev–Trinajstić information content (AvgIpc) is 2.16. The number of hydrogen-bond donors (Lipinski definition) is 2. The number of hydroxylamine groups is 2. The highest BCUT2D eigenvalue weighted by atomic mass is 35.5. The van der Waals surface area contributed by atoms with Crippen LogP contribution in [0.3, 0.4) is 0 Å². The number of rotatable bonds is 2. The molecule has 2 N–H and O–H groups in total. The van der Waals surface area contributed by atoms with E-state index < -0.39 is 6.03 Å². The first-order chi connectivity index (χ1) is 6.63. The number of nitrogens with zero attached hydrogens (tertiary/aromatic N) is 1. The monoisotopic (exact) mass is 214 g/mol. The Kier molecular flexibility index (Phi) is 3.73. The van der Waals surface area contributed by atoms with Crippen LogP contribution in [0.15, 0.2) is 24.3 Å². The molecule has 0 heterocycles. The lowest BCUT2D eigenvalue weighted by Crippen LogP contribution is -2.34. The maximum atomic E-state index is 10.9. The average molecular weight is 215 g/mol. The Morgan fingerprint density at radius 2 is 2.36 bits per heavy atom. The van der Waals surface area contributed by atoms with Crippen LogP contribution in [0.5, 0.6) is 0 Å². The molecule has 0 atom stereocenters. The lowest BCUT2D eigenvalue weighted by molar-refractivity contribution is -0.0501. The van der Waals surface area contributed by atoms with Gasteiger partial charge in [-0.1, -0.05) is 23.7 Å². The molecule has 76 valence electrons. The molecule has 14 heavy (non-hydrogen) atoms. The Bertz CT molecular complexity index is 330. The predicted octanol–water partition coefficient (Wildman–Crippen LogP) is 1.87. The minimum Gasteiger partial charge on any atom is -0.339 e. The Labute approximate surface area is 87.0 Å². The van der Waals surface area contributed by atoms with Crippen molar-refractivity contribution in [3.8, 4) is 0 Å². The largest absolute Gasteiger partial charge is 0.341 e. The molecule has 1 aromatic carbocycles. The number of benzene rings is 1. The van der Waals surface area contributed by atoms with E-state index in [0.717, 1.165) is 5.56 Å². The van der Waals surface area contributed by atoms with Gasteiger partial charge in [0.05, 0.1) is 6.54 Å². The first-order valence-corrected chi connectivity index (χ1v) is 4.44. The van der Waals surface area contributed by atoms with Crippen LogP contribution in [-0.2, 0) is 6.54 Å². The molecule has 0 aliphatic carbocycles. The van der Waals surface area contributed by atoms with Gasteiger partial charge in [0.15, 0.2) is 0 Å². The second-order valence-corrected chi connectivity index (χ2v) is 3.18. The summed E-state index contributed by atoms with van der Waals surface area (Å²) >= 11 is 5.74. The molecule has 0 aromatic heterocycles. The second kappa shape index (κ2) is 4.83. The van der Waals surface area contributed by atoms with Gasteiger partial charge < -0.3 is 5.32 Å². The molecule has 1 rings (SSSR count). The van der Waals surface area contributed by atoms with Gasteiger partial charge in [-0.25, -0.2) is 9.86 Å². The molecule has 0 aliphatic heterocycles.